The van der Waals surface area contributed by atoms with Gasteiger partial charge in [-0.3, -0.25) is 0 Å². The lowest BCUT2D eigenvalue weighted by molar-refractivity contribution is -0.142. The molecule has 1 aromatic carbocycles. The Balaban J connectivity index is 2.21. The molecule has 0 aliphatic heterocycles. The van der Waals surface area contributed by atoms with E-state index in [9.17, 15) is 26.3 Å². The molecule has 3 rings (SSSR count). The second-order valence-corrected chi connectivity index (χ2v) is 6.25. The predicted octanol–water partition coefficient (Wildman–Crippen LogP) is 5.45. The first-order chi connectivity index (χ1) is 12.1. The maximum Gasteiger partial charge on any atom is 0.433 e. The van der Waals surface area contributed by atoms with Gasteiger partial charge in [0.2, 0.25) is 0 Å². The zero-order valence-corrected chi connectivity index (χ0v) is 13.3. The largest absolute Gasteiger partial charge is 0.433 e. The van der Waals surface area contributed by atoms with Gasteiger partial charge in [-0.2, -0.15) is 26.3 Å². The van der Waals surface area contributed by atoms with Gasteiger partial charge < -0.3 is 5.21 Å². The van der Waals surface area contributed by atoms with Crippen molar-refractivity contribution in [1.29, 1.82) is 0 Å². The summed E-state index contributed by atoms with van der Waals surface area (Å²) < 4.78 is 79.2. The molecule has 26 heavy (non-hydrogen) atoms. The molecule has 1 aliphatic carbocycles. The van der Waals surface area contributed by atoms with E-state index in [1.54, 1.807) is 0 Å². The predicted molar refractivity (Wildman–Crippen MR) is 82.0 cm³/mol. The number of oxime groups is 1. The van der Waals surface area contributed by atoms with Gasteiger partial charge >= 0.3 is 12.4 Å². The first-order valence-electron chi connectivity index (χ1n) is 7.89. The van der Waals surface area contributed by atoms with Crippen molar-refractivity contribution in [2.75, 3.05) is 0 Å². The van der Waals surface area contributed by atoms with Gasteiger partial charge in [0.25, 0.3) is 0 Å². The molecule has 1 heterocycles. The van der Waals surface area contributed by atoms with Crippen LogP contribution in [-0.4, -0.2) is 15.9 Å². The number of para-hydroxylation sites is 1. The van der Waals surface area contributed by atoms with Crippen molar-refractivity contribution in [3.63, 3.8) is 0 Å². The van der Waals surface area contributed by atoms with Crippen molar-refractivity contribution < 1.29 is 31.5 Å². The summed E-state index contributed by atoms with van der Waals surface area (Å²) >= 11 is 0. The Morgan fingerprint density at radius 2 is 1.85 bits per heavy atom. The van der Waals surface area contributed by atoms with E-state index >= 15 is 0 Å². The standard InChI is InChI=1S/C17H14F6N2O/c18-16(19,20)12-5-2-4-11-10(7-9-3-1-6-13(9)25-26)8-14(17(21,22)23)24-15(11)12/h2,4-5,8-9,26H,1,3,6-7H2/b25-13+. The smallest absolute Gasteiger partial charge is 0.411 e. The Kier molecular flexibility index (Phi) is 4.58. The highest BCUT2D eigenvalue weighted by atomic mass is 19.4. The number of aromatic nitrogens is 1. The molecule has 3 nitrogen and oxygen atoms in total. The van der Waals surface area contributed by atoms with Crippen molar-refractivity contribution in [3.8, 4) is 0 Å². The van der Waals surface area contributed by atoms with Crippen LogP contribution in [-0.2, 0) is 18.8 Å². The third-order valence-corrected chi connectivity index (χ3v) is 4.57. The summed E-state index contributed by atoms with van der Waals surface area (Å²) in [4.78, 5) is 3.26. The fourth-order valence-electron chi connectivity index (χ4n) is 3.38. The molecule has 0 amide bonds. The molecule has 2 aromatic rings. The van der Waals surface area contributed by atoms with Gasteiger partial charge in [-0.1, -0.05) is 17.3 Å². The van der Waals surface area contributed by atoms with E-state index in [2.05, 4.69) is 10.1 Å². The third kappa shape index (κ3) is 3.47. The molecular weight excluding hydrogens is 362 g/mol. The lowest BCUT2D eigenvalue weighted by Crippen LogP contribution is -2.15. The van der Waals surface area contributed by atoms with E-state index in [1.807, 2.05) is 0 Å². The number of hydrogen-bond acceptors (Lipinski definition) is 3. The summed E-state index contributed by atoms with van der Waals surface area (Å²) in [6.45, 7) is 0. The maximum absolute atomic E-state index is 13.2. The number of alkyl halides is 6. The molecule has 1 unspecified atom stereocenters. The Labute approximate surface area is 144 Å². The Morgan fingerprint density at radius 3 is 2.46 bits per heavy atom. The molecule has 1 N–H and O–H groups in total. The fraction of sp³-hybridized carbons (Fsp3) is 0.412. The van der Waals surface area contributed by atoms with Crippen molar-refractivity contribution in [2.45, 2.75) is 38.0 Å². The first-order valence-corrected chi connectivity index (χ1v) is 7.89. The fourth-order valence-corrected chi connectivity index (χ4v) is 3.38. The highest BCUT2D eigenvalue weighted by Crippen LogP contribution is 2.39. The SMILES string of the molecule is O/N=C1\CCCC1Cc1cc(C(F)(F)F)nc2c(C(F)(F)F)cccc12. The van der Waals surface area contributed by atoms with Crippen molar-refractivity contribution >= 4 is 16.6 Å². The summed E-state index contributed by atoms with van der Waals surface area (Å²) in [6.07, 6.45) is -7.80. The van der Waals surface area contributed by atoms with Gasteiger partial charge in [0.05, 0.1) is 16.8 Å². The molecular formula is C17H14F6N2O. The van der Waals surface area contributed by atoms with Crippen LogP contribution in [0.15, 0.2) is 29.4 Å². The number of pyridine rings is 1. The Hall–Kier alpha value is -2.32. The van der Waals surface area contributed by atoms with E-state index in [1.165, 1.54) is 6.07 Å². The van der Waals surface area contributed by atoms with Crippen LogP contribution in [0.5, 0.6) is 0 Å². The Morgan fingerprint density at radius 1 is 1.12 bits per heavy atom. The summed E-state index contributed by atoms with van der Waals surface area (Å²) in [5.74, 6) is -0.304. The second-order valence-electron chi connectivity index (χ2n) is 6.25. The zero-order valence-electron chi connectivity index (χ0n) is 13.3. The van der Waals surface area contributed by atoms with Crippen LogP contribution in [0.25, 0.3) is 10.9 Å². The minimum absolute atomic E-state index is 0.0250. The minimum atomic E-state index is -4.87. The van der Waals surface area contributed by atoms with E-state index < -0.39 is 29.1 Å². The van der Waals surface area contributed by atoms with Crippen LogP contribution in [0.3, 0.4) is 0 Å². The van der Waals surface area contributed by atoms with Crippen molar-refractivity contribution in [2.24, 2.45) is 11.1 Å². The van der Waals surface area contributed by atoms with Crippen LogP contribution in [0.1, 0.15) is 36.1 Å². The summed E-state index contributed by atoms with van der Waals surface area (Å²) in [5.41, 5.74) is -2.72. The van der Waals surface area contributed by atoms with Crippen LogP contribution < -0.4 is 0 Å². The maximum atomic E-state index is 13.2. The average Bonchev–Trinajstić information content (AvgIpc) is 2.99. The zero-order chi connectivity index (χ0) is 19.1. The molecule has 0 saturated heterocycles. The van der Waals surface area contributed by atoms with Crippen LogP contribution >= 0.6 is 0 Å². The Bertz CT molecular complexity index is 857. The number of fused-ring (bicyclic) bond motifs is 1. The molecule has 140 valence electrons. The molecule has 9 heteroatoms. The summed E-state index contributed by atoms with van der Waals surface area (Å²) in [5, 5.41) is 12.2. The molecule has 1 aliphatic rings. The molecule has 0 spiro atoms. The minimum Gasteiger partial charge on any atom is -0.411 e. The van der Waals surface area contributed by atoms with Gasteiger partial charge in [0, 0.05) is 11.3 Å². The number of hydrogen-bond donors (Lipinski definition) is 1. The normalized spacial score (nSPS) is 20.2. The van der Waals surface area contributed by atoms with Gasteiger partial charge in [-0.15, -0.1) is 0 Å². The van der Waals surface area contributed by atoms with Gasteiger partial charge in [0.15, 0.2) is 0 Å². The highest BCUT2D eigenvalue weighted by molar-refractivity contribution is 5.90. The van der Waals surface area contributed by atoms with Crippen molar-refractivity contribution in [1.82, 2.24) is 4.98 Å². The number of rotatable bonds is 2. The lowest BCUT2D eigenvalue weighted by atomic mass is 9.93. The molecule has 1 saturated carbocycles. The highest BCUT2D eigenvalue weighted by Gasteiger charge is 2.37. The van der Waals surface area contributed by atoms with Gasteiger partial charge in [-0.05, 0) is 43.4 Å². The van der Waals surface area contributed by atoms with Gasteiger partial charge in [0.1, 0.15) is 5.69 Å². The van der Waals surface area contributed by atoms with Crippen LogP contribution in [0, 0.1) is 5.92 Å². The number of halogens is 6. The number of nitrogens with zero attached hydrogens (tertiary/aromatic N) is 2. The average molecular weight is 376 g/mol. The molecule has 1 fully saturated rings. The molecule has 1 atom stereocenters. The quantitative estimate of drug-likeness (QED) is 0.431. The molecule has 1 aromatic heterocycles. The third-order valence-electron chi connectivity index (χ3n) is 4.57. The second kappa shape index (κ2) is 6.44. The van der Waals surface area contributed by atoms with E-state index in [-0.39, 0.29) is 23.3 Å². The van der Waals surface area contributed by atoms with Crippen LogP contribution in [0.4, 0.5) is 26.3 Å². The van der Waals surface area contributed by atoms with E-state index in [4.69, 9.17) is 5.21 Å². The lowest BCUT2D eigenvalue weighted by Gasteiger charge is -2.17. The van der Waals surface area contributed by atoms with E-state index in [0.29, 0.717) is 25.0 Å². The number of benzene rings is 1. The summed E-state index contributed by atoms with van der Waals surface area (Å²) in [7, 11) is 0. The monoisotopic (exact) mass is 376 g/mol. The van der Waals surface area contributed by atoms with E-state index in [0.717, 1.165) is 18.2 Å². The van der Waals surface area contributed by atoms with Crippen LogP contribution in [0.2, 0.25) is 0 Å². The first kappa shape index (κ1) is 18.5. The van der Waals surface area contributed by atoms with Gasteiger partial charge in [-0.25, -0.2) is 4.98 Å². The van der Waals surface area contributed by atoms with Crippen molar-refractivity contribution in [3.05, 3.63) is 41.1 Å². The topological polar surface area (TPSA) is 45.5 Å². The molecule has 0 bridgehead atoms. The molecule has 0 radical (unpaired) electrons. The summed E-state index contributed by atoms with van der Waals surface area (Å²) in [6, 6.07) is 3.99.